The summed E-state index contributed by atoms with van der Waals surface area (Å²) < 4.78 is 85.9. The van der Waals surface area contributed by atoms with Crippen molar-refractivity contribution < 1.29 is 45.2 Å². The van der Waals surface area contributed by atoms with Crippen molar-refractivity contribution in [3.63, 3.8) is 0 Å². The van der Waals surface area contributed by atoms with E-state index in [-0.39, 0.29) is 6.42 Å². The zero-order valence-corrected chi connectivity index (χ0v) is 19.7. The van der Waals surface area contributed by atoms with Gasteiger partial charge in [0.2, 0.25) is 0 Å². The highest BCUT2D eigenvalue weighted by Gasteiger charge is 2.68. The smallest absolute Gasteiger partial charge is 0.459 e. The van der Waals surface area contributed by atoms with Gasteiger partial charge in [-0.15, -0.1) is 0 Å². The molecule has 0 bridgehead atoms. The maximum absolute atomic E-state index is 13.4. The number of alkyl halides is 4. The highest BCUT2D eigenvalue weighted by molar-refractivity contribution is 7.86. The summed E-state index contributed by atoms with van der Waals surface area (Å²) >= 11 is 0. The standard InChI is InChI=1S/C21H38F4O6S/c1-2-3-4-5-6-7-8-9-10-11-12-13-14-15-16-17-18(19(26)27)31-20(22,23)21(24,25)32(28,29)30/h18H,2-17H2,1H3,(H,26,27)(H,28,29,30). The molecule has 1 atom stereocenters. The molecule has 0 aromatic carbocycles. The molecule has 1 unspecified atom stereocenters. The summed E-state index contributed by atoms with van der Waals surface area (Å²) in [5.74, 6) is -1.92. The lowest BCUT2D eigenvalue weighted by molar-refractivity contribution is -0.332. The van der Waals surface area contributed by atoms with Crippen molar-refractivity contribution in [2.75, 3.05) is 0 Å². The van der Waals surface area contributed by atoms with E-state index < -0.39 is 40.0 Å². The third-order valence-corrected chi connectivity index (χ3v) is 6.18. The summed E-state index contributed by atoms with van der Waals surface area (Å²) in [5.41, 5.74) is 0. The molecule has 0 fully saturated rings. The van der Waals surface area contributed by atoms with Crippen LogP contribution in [0.25, 0.3) is 0 Å². The Hall–Kier alpha value is -0.940. The second kappa shape index (κ2) is 15.8. The number of aliphatic carboxylic acids is 1. The van der Waals surface area contributed by atoms with Crippen LogP contribution < -0.4 is 0 Å². The number of carbonyl (C=O) groups is 1. The van der Waals surface area contributed by atoms with Crippen LogP contribution in [0.1, 0.15) is 110 Å². The van der Waals surface area contributed by atoms with Crippen molar-refractivity contribution in [3.05, 3.63) is 0 Å². The molecule has 0 aliphatic heterocycles. The molecular formula is C21H38F4O6S. The Morgan fingerprint density at radius 1 is 0.781 bits per heavy atom. The molecule has 0 rings (SSSR count). The number of rotatable bonds is 21. The van der Waals surface area contributed by atoms with Gasteiger partial charge in [0.1, 0.15) is 0 Å². The molecule has 0 spiro atoms. The number of carboxylic acids is 1. The van der Waals surface area contributed by atoms with Crippen LogP contribution in [0.15, 0.2) is 0 Å². The van der Waals surface area contributed by atoms with E-state index in [9.17, 15) is 30.8 Å². The third kappa shape index (κ3) is 12.3. The minimum Gasteiger partial charge on any atom is -0.479 e. The Bertz CT molecular complexity index is 613. The molecule has 0 aliphatic carbocycles. The van der Waals surface area contributed by atoms with E-state index in [4.69, 9.17) is 9.66 Å². The van der Waals surface area contributed by atoms with Gasteiger partial charge in [0.05, 0.1) is 0 Å². The largest absolute Gasteiger partial charge is 0.479 e. The van der Waals surface area contributed by atoms with E-state index >= 15 is 0 Å². The molecule has 32 heavy (non-hydrogen) atoms. The van der Waals surface area contributed by atoms with Crippen molar-refractivity contribution in [2.45, 2.75) is 127 Å². The number of unbranched alkanes of at least 4 members (excludes halogenated alkanes) is 14. The highest BCUT2D eigenvalue weighted by Crippen LogP contribution is 2.40. The van der Waals surface area contributed by atoms with Gasteiger partial charge in [-0.05, 0) is 6.42 Å². The van der Waals surface area contributed by atoms with Crippen LogP contribution in [0.4, 0.5) is 17.6 Å². The number of halogens is 4. The van der Waals surface area contributed by atoms with Gasteiger partial charge in [-0.2, -0.15) is 26.0 Å². The fourth-order valence-electron chi connectivity index (χ4n) is 3.33. The van der Waals surface area contributed by atoms with Crippen molar-refractivity contribution in [1.82, 2.24) is 0 Å². The molecule has 11 heteroatoms. The normalized spacial score (nSPS) is 13.9. The predicted octanol–water partition coefficient (Wildman–Crippen LogP) is 6.79. The number of carboxylic acid groups (broad SMARTS) is 1. The van der Waals surface area contributed by atoms with Gasteiger partial charge in [0.15, 0.2) is 6.10 Å². The predicted molar refractivity (Wildman–Crippen MR) is 113 cm³/mol. The van der Waals surface area contributed by atoms with E-state index in [1.54, 1.807) is 0 Å². The van der Waals surface area contributed by atoms with Crippen LogP contribution in [-0.2, 0) is 19.6 Å². The third-order valence-electron chi connectivity index (χ3n) is 5.30. The van der Waals surface area contributed by atoms with Crippen LogP contribution in [0, 0.1) is 0 Å². The zero-order chi connectivity index (χ0) is 24.7. The first-order chi connectivity index (χ1) is 14.9. The molecule has 0 saturated carbocycles. The molecular weight excluding hydrogens is 456 g/mol. The molecule has 0 heterocycles. The van der Waals surface area contributed by atoms with E-state index in [2.05, 4.69) is 11.7 Å². The number of hydrogen-bond donors (Lipinski definition) is 2. The monoisotopic (exact) mass is 494 g/mol. The minimum absolute atomic E-state index is 0.141. The molecule has 6 nitrogen and oxygen atoms in total. The van der Waals surface area contributed by atoms with E-state index in [1.165, 1.54) is 51.4 Å². The number of hydrogen-bond acceptors (Lipinski definition) is 4. The Kier molecular flexibility index (Phi) is 15.4. The van der Waals surface area contributed by atoms with Crippen LogP contribution >= 0.6 is 0 Å². The van der Waals surface area contributed by atoms with Crippen molar-refractivity contribution in [2.24, 2.45) is 0 Å². The second-order valence-corrected chi connectivity index (χ2v) is 9.65. The topological polar surface area (TPSA) is 101 Å². The Labute approximate surface area is 188 Å². The molecule has 0 radical (unpaired) electrons. The lowest BCUT2D eigenvalue weighted by atomic mass is 10.0. The SMILES string of the molecule is CCCCCCCCCCCCCCCCCC(OC(F)(F)C(F)(F)S(=O)(=O)O)C(=O)O. The number of ether oxygens (including phenoxy) is 1. The van der Waals surface area contributed by atoms with Gasteiger partial charge in [0.25, 0.3) is 0 Å². The van der Waals surface area contributed by atoms with Gasteiger partial charge < -0.3 is 5.11 Å². The maximum Gasteiger partial charge on any atom is 0.459 e. The van der Waals surface area contributed by atoms with E-state index in [1.807, 2.05) is 0 Å². The zero-order valence-electron chi connectivity index (χ0n) is 18.8. The van der Waals surface area contributed by atoms with E-state index in [0.717, 1.165) is 32.1 Å². The van der Waals surface area contributed by atoms with Crippen LogP contribution in [-0.4, -0.2) is 41.5 Å². The van der Waals surface area contributed by atoms with Gasteiger partial charge >= 0.3 is 27.5 Å². The Balaban J connectivity index is 3.95. The Morgan fingerprint density at radius 2 is 1.12 bits per heavy atom. The van der Waals surface area contributed by atoms with Gasteiger partial charge in [-0.1, -0.05) is 103 Å². The van der Waals surface area contributed by atoms with Crippen LogP contribution in [0.2, 0.25) is 0 Å². The van der Waals surface area contributed by atoms with Gasteiger partial charge in [-0.25, -0.2) is 4.79 Å². The van der Waals surface area contributed by atoms with Gasteiger partial charge in [-0.3, -0.25) is 9.29 Å². The fraction of sp³-hybridized carbons (Fsp3) is 0.952. The summed E-state index contributed by atoms with van der Waals surface area (Å²) in [6.45, 7) is 2.20. The van der Waals surface area contributed by atoms with Crippen molar-refractivity contribution in [1.29, 1.82) is 0 Å². The average Bonchev–Trinajstić information content (AvgIpc) is 2.68. The lowest BCUT2D eigenvalue weighted by Gasteiger charge is -2.26. The Morgan fingerprint density at radius 3 is 1.44 bits per heavy atom. The first kappa shape index (κ1) is 31.1. The molecule has 192 valence electrons. The molecule has 0 amide bonds. The first-order valence-electron chi connectivity index (χ1n) is 11.5. The highest BCUT2D eigenvalue weighted by atomic mass is 32.2. The molecule has 0 aromatic rings. The maximum atomic E-state index is 13.4. The first-order valence-corrected chi connectivity index (χ1v) is 12.9. The molecule has 0 aromatic heterocycles. The molecule has 0 saturated heterocycles. The molecule has 2 N–H and O–H groups in total. The molecule has 0 aliphatic rings. The van der Waals surface area contributed by atoms with E-state index in [0.29, 0.717) is 6.42 Å². The second-order valence-electron chi connectivity index (χ2n) is 8.19. The van der Waals surface area contributed by atoms with Gasteiger partial charge in [0, 0.05) is 0 Å². The summed E-state index contributed by atoms with van der Waals surface area (Å²) in [7, 11) is -6.48. The summed E-state index contributed by atoms with van der Waals surface area (Å²) in [5, 5.41) is 2.95. The van der Waals surface area contributed by atoms with Crippen molar-refractivity contribution in [3.8, 4) is 0 Å². The van der Waals surface area contributed by atoms with Crippen molar-refractivity contribution >= 4 is 16.1 Å². The van der Waals surface area contributed by atoms with Crippen LogP contribution in [0.5, 0.6) is 0 Å². The summed E-state index contributed by atoms with van der Waals surface area (Å²) in [4.78, 5) is 11.0. The minimum atomic E-state index is -6.48. The average molecular weight is 495 g/mol. The fourth-order valence-corrected chi connectivity index (χ4v) is 3.68. The summed E-state index contributed by atoms with van der Waals surface area (Å²) in [6, 6.07) is 0. The quantitative estimate of drug-likeness (QED) is 0.103. The van der Waals surface area contributed by atoms with Crippen LogP contribution in [0.3, 0.4) is 0 Å². The lowest BCUT2D eigenvalue weighted by Crippen LogP contribution is -2.51. The summed E-state index contributed by atoms with van der Waals surface area (Å²) in [6.07, 6.45) is 7.23.